The number of aliphatic hydroxyl groups is 1. The van der Waals surface area contributed by atoms with Crippen LogP contribution in [0, 0.1) is 0 Å². The van der Waals surface area contributed by atoms with Gasteiger partial charge in [-0.1, -0.05) is 72.8 Å². The Labute approximate surface area is 223 Å². The molecule has 1 heterocycles. The highest BCUT2D eigenvalue weighted by atomic mass is 79.9. The number of nitrogens with one attached hydrogen (secondary N) is 1. The first-order valence-electron chi connectivity index (χ1n) is 11.9. The van der Waals surface area contributed by atoms with Crippen molar-refractivity contribution in [3.63, 3.8) is 0 Å². The van der Waals surface area contributed by atoms with Crippen molar-refractivity contribution < 1.29 is 14.6 Å². The monoisotopic (exact) mass is 552 g/mol. The number of carbonyl (C=O) groups excluding carboxylic acids is 1. The van der Waals surface area contributed by atoms with E-state index in [4.69, 9.17) is 4.74 Å². The van der Waals surface area contributed by atoms with Gasteiger partial charge in [-0.05, 0) is 67.7 Å². The lowest BCUT2D eigenvalue weighted by Gasteiger charge is -2.19. The van der Waals surface area contributed by atoms with Gasteiger partial charge in [-0.2, -0.15) is 0 Å². The summed E-state index contributed by atoms with van der Waals surface area (Å²) in [5.74, 6) is -0.386. The fraction of sp³-hybridized carbons (Fsp3) is 0.0968. The van der Waals surface area contributed by atoms with Crippen LogP contribution in [0.4, 0.5) is 5.69 Å². The minimum Gasteiger partial charge on any atom is -0.465 e. The van der Waals surface area contributed by atoms with E-state index in [9.17, 15) is 9.90 Å². The lowest BCUT2D eigenvalue weighted by Crippen LogP contribution is -2.12. The van der Waals surface area contributed by atoms with E-state index < -0.39 is 6.10 Å². The molecule has 0 aliphatic heterocycles. The summed E-state index contributed by atoms with van der Waals surface area (Å²) < 4.78 is 5.75. The Hall–Kier alpha value is -4.00. The number of carbonyl (C=O) groups is 1. The quantitative estimate of drug-likeness (QED) is 0.209. The molecule has 1 aromatic heterocycles. The summed E-state index contributed by atoms with van der Waals surface area (Å²) in [5, 5.41) is 18.1. The number of para-hydroxylation sites is 1. The van der Waals surface area contributed by atoms with Crippen LogP contribution in [0.3, 0.4) is 0 Å². The molecule has 37 heavy (non-hydrogen) atoms. The van der Waals surface area contributed by atoms with Crippen LogP contribution >= 0.6 is 15.9 Å². The van der Waals surface area contributed by atoms with Gasteiger partial charge in [0.05, 0.1) is 30.1 Å². The minimum atomic E-state index is -0.846. The molecule has 5 nitrogen and oxygen atoms in total. The number of rotatable bonds is 7. The van der Waals surface area contributed by atoms with Crippen molar-refractivity contribution in [2.75, 3.05) is 19.0 Å². The van der Waals surface area contributed by atoms with Gasteiger partial charge in [0.15, 0.2) is 0 Å². The van der Waals surface area contributed by atoms with Crippen molar-refractivity contribution in [2.45, 2.75) is 6.10 Å². The fourth-order valence-electron chi connectivity index (χ4n) is 4.39. The topological polar surface area (TPSA) is 71.5 Å². The molecule has 0 amide bonds. The second kappa shape index (κ2) is 10.9. The van der Waals surface area contributed by atoms with Gasteiger partial charge in [0.25, 0.3) is 0 Å². The molecule has 0 aliphatic carbocycles. The average Bonchev–Trinajstić information content (AvgIpc) is 2.94. The van der Waals surface area contributed by atoms with E-state index in [-0.39, 0.29) is 5.97 Å². The molecular formula is C31H25BrN2O3. The molecule has 4 aromatic carbocycles. The average molecular weight is 553 g/mol. The van der Waals surface area contributed by atoms with Crippen LogP contribution in [0.2, 0.25) is 0 Å². The Balaban J connectivity index is 1.50. The van der Waals surface area contributed by atoms with Crippen LogP contribution in [0.1, 0.15) is 27.6 Å². The number of nitrogens with zero attached hydrogens (tertiary/aromatic N) is 1. The molecule has 0 radical (unpaired) electrons. The zero-order valence-electron chi connectivity index (χ0n) is 20.2. The number of ether oxygens (including phenoxy) is 1. The molecule has 6 heteroatoms. The van der Waals surface area contributed by atoms with Gasteiger partial charge in [-0.25, -0.2) is 4.79 Å². The summed E-state index contributed by atoms with van der Waals surface area (Å²) in [6.07, 6.45) is 2.90. The number of esters is 1. The standard InChI is InChI=1S/C31H25BrN2O3/c1-37-31(36)22-14-12-20(13-15-22)16-24(30(35)27-10-4-7-21-6-2-3-9-26(21)27)18-33-25-17-23-8-5-11-28(32)29(23)34-19-25/h2-17,19,30,33,35H,18H2,1H3. The molecule has 0 bridgehead atoms. The third kappa shape index (κ3) is 5.40. The summed E-state index contributed by atoms with van der Waals surface area (Å²) in [6.45, 7) is 0.393. The number of methoxy groups -OCH3 is 1. The molecule has 0 saturated carbocycles. The number of hydrogen-bond donors (Lipinski definition) is 2. The molecule has 1 unspecified atom stereocenters. The maximum atomic E-state index is 11.8. The summed E-state index contributed by atoms with van der Waals surface area (Å²) in [5.41, 5.74) is 4.69. The Morgan fingerprint density at radius 3 is 2.54 bits per heavy atom. The molecule has 0 spiro atoms. The lowest BCUT2D eigenvalue weighted by atomic mass is 9.94. The summed E-state index contributed by atoms with van der Waals surface area (Å²) >= 11 is 3.55. The van der Waals surface area contributed by atoms with Crippen molar-refractivity contribution in [3.05, 3.63) is 124 Å². The van der Waals surface area contributed by atoms with Crippen molar-refractivity contribution >= 4 is 55.3 Å². The van der Waals surface area contributed by atoms with Crippen molar-refractivity contribution in [1.29, 1.82) is 0 Å². The number of halogens is 1. The molecule has 0 aliphatic rings. The smallest absolute Gasteiger partial charge is 0.337 e. The molecule has 0 fully saturated rings. The zero-order valence-corrected chi connectivity index (χ0v) is 21.8. The zero-order chi connectivity index (χ0) is 25.8. The Morgan fingerprint density at radius 1 is 1.00 bits per heavy atom. The Morgan fingerprint density at radius 2 is 1.73 bits per heavy atom. The van der Waals surface area contributed by atoms with Crippen molar-refractivity contribution in [1.82, 2.24) is 4.98 Å². The van der Waals surface area contributed by atoms with Gasteiger partial charge in [0.1, 0.15) is 6.10 Å². The summed E-state index contributed by atoms with van der Waals surface area (Å²) in [7, 11) is 1.36. The van der Waals surface area contributed by atoms with Gasteiger partial charge >= 0.3 is 5.97 Å². The molecule has 5 aromatic rings. The maximum absolute atomic E-state index is 11.8. The predicted molar refractivity (Wildman–Crippen MR) is 153 cm³/mol. The van der Waals surface area contributed by atoms with Crippen LogP contribution in [-0.4, -0.2) is 29.7 Å². The van der Waals surface area contributed by atoms with Gasteiger partial charge in [0, 0.05) is 16.4 Å². The van der Waals surface area contributed by atoms with Gasteiger partial charge in [0.2, 0.25) is 0 Å². The number of fused-ring (bicyclic) bond motifs is 2. The van der Waals surface area contributed by atoms with E-state index in [0.29, 0.717) is 12.1 Å². The number of hydrogen-bond acceptors (Lipinski definition) is 5. The summed E-state index contributed by atoms with van der Waals surface area (Å²) in [4.78, 5) is 16.4. The number of aromatic nitrogens is 1. The predicted octanol–water partition coefficient (Wildman–Crippen LogP) is 7.17. The molecule has 184 valence electrons. The molecule has 0 saturated heterocycles. The van der Waals surface area contributed by atoms with Crippen LogP contribution in [0.15, 0.2) is 107 Å². The van der Waals surface area contributed by atoms with Crippen LogP contribution < -0.4 is 5.32 Å². The van der Waals surface area contributed by atoms with E-state index in [1.54, 1.807) is 18.3 Å². The van der Waals surface area contributed by atoms with Gasteiger partial charge < -0.3 is 15.2 Å². The first-order chi connectivity index (χ1) is 18.0. The second-order valence-corrected chi connectivity index (χ2v) is 9.55. The largest absolute Gasteiger partial charge is 0.465 e. The van der Waals surface area contributed by atoms with Gasteiger partial charge in [-0.15, -0.1) is 0 Å². The molecule has 1 atom stereocenters. The van der Waals surface area contributed by atoms with Crippen LogP contribution in [-0.2, 0) is 4.74 Å². The van der Waals surface area contributed by atoms with E-state index in [2.05, 4.69) is 26.2 Å². The minimum absolute atomic E-state index is 0.386. The highest BCUT2D eigenvalue weighted by Gasteiger charge is 2.17. The third-order valence-electron chi connectivity index (χ3n) is 6.31. The lowest BCUT2D eigenvalue weighted by molar-refractivity contribution is 0.0600. The Kier molecular flexibility index (Phi) is 7.30. The summed E-state index contributed by atoms with van der Waals surface area (Å²) in [6, 6.07) is 29.1. The fourth-order valence-corrected chi connectivity index (χ4v) is 4.87. The third-order valence-corrected chi connectivity index (χ3v) is 6.95. The first kappa shape index (κ1) is 24.7. The SMILES string of the molecule is COC(=O)c1ccc(C=C(CNc2cnc3c(Br)cccc3c2)C(O)c2cccc3ccccc23)cc1. The highest BCUT2D eigenvalue weighted by Crippen LogP contribution is 2.31. The molecule has 5 rings (SSSR count). The van der Waals surface area contributed by atoms with Crippen LogP contribution in [0.5, 0.6) is 0 Å². The number of aliphatic hydroxyl groups excluding tert-OH is 1. The number of anilines is 1. The van der Waals surface area contributed by atoms with E-state index in [0.717, 1.165) is 48.5 Å². The van der Waals surface area contributed by atoms with Gasteiger partial charge in [-0.3, -0.25) is 4.98 Å². The maximum Gasteiger partial charge on any atom is 0.337 e. The normalized spacial score (nSPS) is 12.5. The van der Waals surface area contributed by atoms with Crippen molar-refractivity contribution in [2.24, 2.45) is 0 Å². The van der Waals surface area contributed by atoms with E-state index in [1.807, 2.05) is 84.9 Å². The molecule has 2 N–H and O–H groups in total. The molecular weight excluding hydrogens is 528 g/mol. The number of pyridine rings is 1. The first-order valence-corrected chi connectivity index (χ1v) is 12.7. The second-order valence-electron chi connectivity index (χ2n) is 8.69. The van der Waals surface area contributed by atoms with Crippen LogP contribution in [0.25, 0.3) is 27.8 Å². The Bertz CT molecular complexity index is 1610. The highest BCUT2D eigenvalue weighted by molar-refractivity contribution is 9.10. The number of benzene rings is 4. The van der Waals surface area contributed by atoms with E-state index >= 15 is 0 Å². The van der Waals surface area contributed by atoms with E-state index in [1.165, 1.54) is 7.11 Å². The van der Waals surface area contributed by atoms with Crippen molar-refractivity contribution in [3.8, 4) is 0 Å².